The molecule has 2 N–H and O–H groups in total. The van der Waals surface area contributed by atoms with Crippen molar-refractivity contribution >= 4 is 28.4 Å². The van der Waals surface area contributed by atoms with Gasteiger partial charge in [-0.1, -0.05) is 12.1 Å². The molecule has 4 nitrogen and oxygen atoms in total. The van der Waals surface area contributed by atoms with Crippen LogP contribution in [0.25, 0.3) is 10.9 Å². The van der Waals surface area contributed by atoms with Crippen molar-refractivity contribution in [2.75, 3.05) is 5.73 Å². The smallest absolute Gasteiger partial charge is 0.261 e. The number of para-hydroxylation sites is 1. The summed E-state index contributed by atoms with van der Waals surface area (Å²) in [5, 5.41) is 1.66. The highest BCUT2D eigenvalue weighted by Gasteiger charge is 2.11. The number of nitrogens with zero attached hydrogens (tertiary/aromatic N) is 2. The summed E-state index contributed by atoms with van der Waals surface area (Å²) in [7, 11) is 0. The summed E-state index contributed by atoms with van der Waals surface area (Å²) in [6.07, 6.45) is 1.75. The van der Waals surface area contributed by atoms with Crippen LogP contribution in [-0.4, -0.2) is 9.97 Å². The van der Waals surface area contributed by atoms with Crippen LogP contribution in [0.5, 0.6) is 0 Å². The Morgan fingerprint density at radius 2 is 2.05 bits per heavy atom. The maximum Gasteiger partial charge on any atom is 0.261 e. The Labute approximate surface area is 115 Å². The van der Waals surface area contributed by atoms with Gasteiger partial charge in [0.05, 0.1) is 16.9 Å². The second-order valence-corrected chi connectivity index (χ2v) is 5.27. The van der Waals surface area contributed by atoms with Gasteiger partial charge < -0.3 is 10.2 Å². The Bertz CT molecular complexity index is 732. The van der Waals surface area contributed by atoms with Gasteiger partial charge in [-0.05, 0) is 37.7 Å². The Kier molecular flexibility index (Phi) is 2.91. The number of hydrogen-bond donors (Lipinski definition) is 1. The van der Waals surface area contributed by atoms with Crippen LogP contribution in [0.3, 0.4) is 0 Å². The largest absolute Gasteiger partial charge is 0.436 e. The molecule has 0 aliphatic heterocycles. The summed E-state index contributed by atoms with van der Waals surface area (Å²) in [4.78, 5) is 9.74. The normalized spacial score (nSPS) is 11.1. The standard InChI is InChI=1S/C14H13N3OS/c1-8-9(2)18-14(17-8)19-12-6-7-16-13-10(12)4-3-5-11(13)15/h3-7H,15H2,1-2H3. The highest BCUT2D eigenvalue weighted by molar-refractivity contribution is 7.99. The van der Waals surface area contributed by atoms with Crippen LogP contribution in [0.1, 0.15) is 11.5 Å². The Balaban J connectivity index is 2.08. The molecular formula is C14H13N3OS. The van der Waals surface area contributed by atoms with Crippen LogP contribution in [0.15, 0.2) is 45.0 Å². The fourth-order valence-corrected chi connectivity index (χ4v) is 2.78. The van der Waals surface area contributed by atoms with Gasteiger partial charge in [-0.3, -0.25) is 4.98 Å². The van der Waals surface area contributed by atoms with Crippen LogP contribution in [0.4, 0.5) is 5.69 Å². The number of fused-ring (bicyclic) bond motifs is 1. The number of pyridine rings is 1. The zero-order chi connectivity index (χ0) is 13.4. The van der Waals surface area contributed by atoms with Crippen molar-refractivity contribution in [3.05, 3.63) is 41.9 Å². The first kappa shape index (κ1) is 12.0. The minimum absolute atomic E-state index is 0.643. The molecule has 19 heavy (non-hydrogen) atoms. The lowest BCUT2D eigenvalue weighted by atomic mass is 10.2. The van der Waals surface area contributed by atoms with Crippen LogP contribution < -0.4 is 5.73 Å². The van der Waals surface area contributed by atoms with E-state index in [1.165, 1.54) is 11.8 Å². The van der Waals surface area contributed by atoms with E-state index in [0.717, 1.165) is 27.3 Å². The summed E-state index contributed by atoms with van der Waals surface area (Å²) < 4.78 is 5.60. The van der Waals surface area contributed by atoms with Crippen molar-refractivity contribution in [3.63, 3.8) is 0 Å². The van der Waals surface area contributed by atoms with Gasteiger partial charge in [0.1, 0.15) is 5.76 Å². The van der Waals surface area contributed by atoms with E-state index in [1.54, 1.807) is 6.20 Å². The fraction of sp³-hybridized carbons (Fsp3) is 0.143. The van der Waals surface area contributed by atoms with E-state index >= 15 is 0 Å². The highest BCUT2D eigenvalue weighted by atomic mass is 32.2. The van der Waals surface area contributed by atoms with Crippen LogP contribution in [0, 0.1) is 13.8 Å². The number of rotatable bonds is 2. The molecule has 3 aromatic rings. The van der Waals surface area contributed by atoms with Crippen molar-refractivity contribution in [2.24, 2.45) is 0 Å². The Morgan fingerprint density at radius 3 is 2.79 bits per heavy atom. The quantitative estimate of drug-likeness (QED) is 0.722. The van der Waals surface area contributed by atoms with Crippen molar-refractivity contribution in [1.29, 1.82) is 0 Å². The third-order valence-electron chi connectivity index (χ3n) is 2.97. The zero-order valence-electron chi connectivity index (χ0n) is 10.7. The lowest BCUT2D eigenvalue weighted by Crippen LogP contribution is -1.90. The molecule has 0 radical (unpaired) electrons. The lowest BCUT2D eigenvalue weighted by molar-refractivity contribution is 0.431. The molecule has 0 aliphatic rings. The molecule has 2 heterocycles. The molecule has 1 aromatic carbocycles. The molecule has 2 aromatic heterocycles. The molecule has 0 amide bonds. The van der Waals surface area contributed by atoms with E-state index in [9.17, 15) is 0 Å². The van der Waals surface area contributed by atoms with Gasteiger partial charge in [0.15, 0.2) is 0 Å². The topological polar surface area (TPSA) is 64.9 Å². The molecule has 0 bridgehead atoms. The molecule has 0 spiro atoms. The molecule has 5 heteroatoms. The van der Waals surface area contributed by atoms with Crippen molar-refractivity contribution in [1.82, 2.24) is 9.97 Å². The van der Waals surface area contributed by atoms with Gasteiger partial charge in [-0.25, -0.2) is 4.98 Å². The van der Waals surface area contributed by atoms with Crippen LogP contribution >= 0.6 is 11.8 Å². The predicted molar refractivity (Wildman–Crippen MR) is 76.3 cm³/mol. The Hall–Kier alpha value is -2.01. The van der Waals surface area contributed by atoms with E-state index in [-0.39, 0.29) is 0 Å². The Morgan fingerprint density at radius 1 is 1.21 bits per heavy atom. The number of aromatic nitrogens is 2. The van der Waals surface area contributed by atoms with Gasteiger partial charge >= 0.3 is 0 Å². The van der Waals surface area contributed by atoms with E-state index in [1.807, 2.05) is 38.1 Å². The second kappa shape index (κ2) is 4.59. The molecule has 0 saturated carbocycles. The lowest BCUT2D eigenvalue weighted by Gasteiger charge is -2.04. The monoisotopic (exact) mass is 271 g/mol. The molecule has 96 valence electrons. The third kappa shape index (κ3) is 2.17. The molecule has 0 unspecified atom stereocenters. The van der Waals surface area contributed by atoms with Gasteiger partial charge in [0, 0.05) is 16.5 Å². The number of nitrogen functional groups attached to an aromatic ring is 1. The predicted octanol–water partition coefficient (Wildman–Crippen LogP) is 3.57. The number of anilines is 1. The number of hydrogen-bond acceptors (Lipinski definition) is 5. The first-order chi connectivity index (χ1) is 9.15. The fourth-order valence-electron chi connectivity index (χ4n) is 1.84. The summed E-state index contributed by atoms with van der Waals surface area (Å²) in [5.41, 5.74) is 8.35. The zero-order valence-corrected chi connectivity index (χ0v) is 11.5. The first-order valence-electron chi connectivity index (χ1n) is 5.90. The number of nitrogens with two attached hydrogens (primary N) is 1. The van der Waals surface area contributed by atoms with E-state index in [2.05, 4.69) is 9.97 Å². The SMILES string of the molecule is Cc1nc(Sc2ccnc3c(N)cccc23)oc1C. The molecule has 0 atom stereocenters. The molecule has 3 rings (SSSR count). The maximum atomic E-state index is 5.94. The van der Waals surface area contributed by atoms with E-state index in [4.69, 9.17) is 10.2 Å². The minimum atomic E-state index is 0.643. The number of benzene rings is 1. The van der Waals surface area contributed by atoms with Crippen LogP contribution in [0.2, 0.25) is 0 Å². The number of aryl methyl sites for hydroxylation is 2. The summed E-state index contributed by atoms with van der Waals surface area (Å²) in [6.45, 7) is 3.85. The van der Waals surface area contributed by atoms with Crippen LogP contribution in [-0.2, 0) is 0 Å². The van der Waals surface area contributed by atoms with Gasteiger partial charge in [0.25, 0.3) is 5.22 Å². The van der Waals surface area contributed by atoms with Gasteiger partial charge in [-0.15, -0.1) is 0 Å². The number of oxazole rings is 1. The van der Waals surface area contributed by atoms with Gasteiger partial charge in [0.2, 0.25) is 0 Å². The third-order valence-corrected chi connectivity index (χ3v) is 3.89. The molecule has 0 saturated heterocycles. The van der Waals surface area contributed by atoms with Crippen molar-refractivity contribution in [3.8, 4) is 0 Å². The highest BCUT2D eigenvalue weighted by Crippen LogP contribution is 2.34. The average molecular weight is 271 g/mol. The molecule has 0 fully saturated rings. The van der Waals surface area contributed by atoms with E-state index < -0.39 is 0 Å². The first-order valence-corrected chi connectivity index (χ1v) is 6.72. The maximum absolute atomic E-state index is 5.94. The molecular weight excluding hydrogens is 258 g/mol. The summed E-state index contributed by atoms with van der Waals surface area (Å²) >= 11 is 1.49. The summed E-state index contributed by atoms with van der Waals surface area (Å²) in [5.74, 6) is 0.848. The second-order valence-electron chi connectivity index (χ2n) is 4.28. The molecule has 0 aliphatic carbocycles. The average Bonchev–Trinajstić information content (AvgIpc) is 2.70. The van der Waals surface area contributed by atoms with Crippen molar-refractivity contribution in [2.45, 2.75) is 24.0 Å². The summed E-state index contributed by atoms with van der Waals surface area (Å²) in [6, 6.07) is 7.73. The van der Waals surface area contributed by atoms with Crippen molar-refractivity contribution < 1.29 is 4.42 Å². The van der Waals surface area contributed by atoms with E-state index in [0.29, 0.717) is 10.9 Å². The van der Waals surface area contributed by atoms with Gasteiger partial charge in [-0.2, -0.15) is 0 Å². The minimum Gasteiger partial charge on any atom is -0.436 e.